The number of nitro groups is 1. The lowest BCUT2D eigenvalue weighted by molar-refractivity contribution is -0.384. The molecule has 0 spiro atoms. The Morgan fingerprint density at radius 2 is 1.96 bits per heavy atom. The van der Waals surface area contributed by atoms with E-state index >= 15 is 0 Å². The number of halogens is 3. The summed E-state index contributed by atoms with van der Waals surface area (Å²) < 4.78 is 39.6. The van der Waals surface area contributed by atoms with Crippen molar-refractivity contribution in [3.63, 3.8) is 0 Å². The lowest BCUT2D eigenvalue weighted by atomic mass is 10.1. The van der Waals surface area contributed by atoms with Crippen LogP contribution in [0.25, 0.3) is 5.65 Å². The second kappa shape index (κ2) is 6.24. The van der Waals surface area contributed by atoms with Gasteiger partial charge in [-0.05, 0) is 24.6 Å². The van der Waals surface area contributed by atoms with Crippen molar-refractivity contribution in [2.75, 3.05) is 11.9 Å². The van der Waals surface area contributed by atoms with Crippen LogP contribution in [0.2, 0.25) is 0 Å². The number of fused-ring (bicyclic) bond motifs is 1. The summed E-state index contributed by atoms with van der Waals surface area (Å²) in [6, 6.07) is 8.56. The maximum absolute atomic E-state index is 13.0. The van der Waals surface area contributed by atoms with Crippen LogP contribution in [0.5, 0.6) is 0 Å². The molecule has 0 fully saturated rings. The average Bonchev–Trinajstić information content (AvgIpc) is 3.04. The van der Waals surface area contributed by atoms with Crippen LogP contribution in [0, 0.1) is 10.1 Å². The van der Waals surface area contributed by atoms with E-state index in [0.717, 1.165) is 0 Å². The summed E-state index contributed by atoms with van der Waals surface area (Å²) in [6.45, 7) is 1.77. The minimum absolute atomic E-state index is 0.0301. The van der Waals surface area contributed by atoms with Gasteiger partial charge < -0.3 is 4.90 Å². The van der Waals surface area contributed by atoms with Gasteiger partial charge in [-0.3, -0.25) is 10.1 Å². The van der Waals surface area contributed by atoms with Crippen molar-refractivity contribution in [2.24, 2.45) is 0 Å². The van der Waals surface area contributed by atoms with Gasteiger partial charge in [-0.25, -0.2) is 0 Å². The molecule has 0 aliphatic heterocycles. The molecule has 11 heteroatoms. The highest BCUT2D eigenvalue weighted by Crippen LogP contribution is 2.29. The van der Waals surface area contributed by atoms with Crippen LogP contribution in [-0.2, 0) is 6.18 Å². The number of nitrogens with zero attached hydrogens (tertiary/aromatic N) is 6. The highest BCUT2D eigenvalue weighted by atomic mass is 19.4. The first-order valence-corrected chi connectivity index (χ1v) is 7.45. The van der Waals surface area contributed by atoms with Crippen molar-refractivity contribution < 1.29 is 18.1 Å². The molecule has 1 unspecified atom stereocenters. The van der Waals surface area contributed by atoms with E-state index < -0.39 is 16.9 Å². The fourth-order valence-electron chi connectivity index (χ4n) is 2.46. The highest BCUT2D eigenvalue weighted by Gasteiger charge is 2.37. The fourth-order valence-corrected chi connectivity index (χ4v) is 2.46. The van der Waals surface area contributed by atoms with Crippen LogP contribution in [0.4, 0.5) is 24.7 Å². The van der Waals surface area contributed by atoms with E-state index in [1.807, 2.05) is 0 Å². The van der Waals surface area contributed by atoms with E-state index in [1.54, 1.807) is 31.0 Å². The number of hydrogen-bond donors (Lipinski definition) is 0. The van der Waals surface area contributed by atoms with Crippen LogP contribution in [-0.4, -0.2) is 31.8 Å². The van der Waals surface area contributed by atoms with Gasteiger partial charge in [0.05, 0.1) is 11.0 Å². The van der Waals surface area contributed by atoms with Crippen molar-refractivity contribution in [1.82, 2.24) is 19.8 Å². The minimum Gasteiger partial charge on any atom is -0.351 e. The predicted octanol–water partition coefficient (Wildman–Crippen LogP) is 3.25. The maximum atomic E-state index is 13.0. The lowest BCUT2D eigenvalue weighted by Crippen LogP contribution is -2.24. The number of rotatable bonds is 4. The SMILES string of the molecule is CC(c1cccc([N+](=O)[O-])c1)N(C)c1ccc2nnc(C(F)(F)F)n2n1. The summed E-state index contributed by atoms with van der Waals surface area (Å²) in [7, 11) is 1.63. The Balaban J connectivity index is 1.97. The second-order valence-electron chi connectivity index (χ2n) is 5.62. The molecule has 8 nitrogen and oxygen atoms in total. The van der Waals surface area contributed by atoms with E-state index in [9.17, 15) is 23.3 Å². The Kier molecular flexibility index (Phi) is 4.22. The van der Waals surface area contributed by atoms with Crippen molar-refractivity contribution in [2.45, 2.75) is 19.1 Å². The number of benzene rings is 1. The van der Waals surface area contributed by atoms with Crippen molar-refractivity contribution in [1.29, 1.82) is 0 Å². The van der Waals surface area contributed by atoms with Gasteiger partial charge in [-0.15, -0.1) is 15.3 Å². The van der Waals surface area contributed by atoms with Crippen LogP contribution in [0.1, 0.15) is 24.4 Å². The topological polar surface area (TPSA) is 89.5 Å². The van der Waals surface area contributed by atoms with E-state index in [4.69, 9.17) is 0 Å². The molecule has 2 aromatic heterocycles. The number of alkyl halides is 3. The average molecular weight is 366 g/mol. The van der Waals surface area contributed by atoms with Gasteiger partial charge in [0.15, 0.2) is 5.65 Å². The number of anilines is 1. The molecule has 0 bridgehead atoms. The number of aromatic nitrogens is 4. The van der Waals surface area contributed by atoms with Crippen LogP contribution in [0.15, 0.2) is 36.4 Å². The van der Waals surface area contributed by atoms with Gasteiger partial charge in [-0.2, -0.15) is 17.7 Å². The Labute approximate surface area is 145 Å². The zero-order valence-electron chi connectivity index (χ0n) is 13.7. The smallest absolute Gasteiger partial charge is 0.351 e. The molecular weight excluding hydrogens is 353 g/mol. The molecule has 0 aliphatic carbocycles. The van der Waals surface area contributed by atoms with Crippen LogP contribution in [0.3, 0.4) is 0 Å². The number of non-ortho nitro benzene ring substituents is 1. The molecule has 136 valence electrons. The molecule has 1 aromatic carbocycles. The van der Waals surface area contributed by atoms with Gasteiger partial charge in [-0.1, -0.05) is 12.1 Å². The van der Waals surface area contributed by atoms with E-state index in [2.05, 4.69) is 15.3 Å². The zero-order valence-corrected chi connectivity index (χ0v) is 13.7. The fraction of sp³-hybridized carbons (Fsp3) is 0.267. The number of nitro benzene ring substituents is 1. The quantitative estimate of drug-likeness (QED) is 0.520. The van der Waals surface area contributed by atoms with Gasteiger partial charge in [0.25, 0.3) is 11.5 Å². The monoisotopic (exact) mass is 366 g/mol. The third-order valence-electron chi connectivity index (χ3n) is 4.01. The lowest BCUT2D eigenvalue weighted by Gasteiger charge is -2.26. The molecule has 1 atom stereocenters. The van der Waals surface area contributed by atoms with E-state index in [1.165, 1.54) is 24.3 Å². The first kappa shape index (κ1) is 17.6. The first-order chi connectivity index (χ1) is 12.2. The van der Waals surface area contributed by atoms with Crippen LogP contribution < -0.4 is 4.90 Å². The Morgan fingerprint density at radius 3 is 2.62 bits per heavy atom. The molecular formula is C15H13F3N6O2. The highest BCUT2D eigenvalue weighted by molar-refractivity contribution is 5.48. The van der Waals surface area contributed by atoms with E-state index in [0.29, 0.717) is 10.1 Å². The Hall–Kier alpha value is -3.24. The molecule has 26 heavy (non-hydrogen) atoms. The second-order valence-corrected chi connectivity index (χ2v) is 5.62. The molecule has 3 rings (SSSR count). The first-order valence-electron chi connectivity index (χ1n) is 7.45. The minimum atomic E-state index is -4.69. The largest absolute Gasteiger partial charge is 0.453 e. The summed E-state index contributed by atoms with van der Waals surface area (Å²) in [5.41, 5.74) is 0.533. The van der Waals surface area contributed by atoms with Crippen molar-refractivity contribution in [3.05, 3.63) is 57.9 Å². The zero-order chi connectivity index (χ0) is 19.1. The predicted molar refractivity (Wildman–Crippen MR) is 85.7 cm³/mol. The molecule has 2 heterocycles. The Morgan fingerprint density at radius 1 is 1.23 bits per heavy atom. The molecule has 0 saturated heterocycles. The van der Waals surface area contributed by atoms with Gasteiger partial charge in [0.1, 0.15) is 5.82 Å². The summed E-state index contributed by atoms with van der Waals surface area (Å²) in [6.07, 6.45) is -4.69. The normalized spacial score (nSPS) is 13.0. The van der Waals surface area contributed by atoms with Gasteiger partial charge in [0, 0.05) is 19.2 Å². The summed E-state index contributed by atoms with van der Waals surface area (Å²) in [5, 5.41) is 21.5. The summed E-state index contributed by atoms with van der Waals surface area (Å²) in [4.78, 5) is 12.0. The molecule has 0 radical (unpaired) electrons. The van der Waals surface area contributed by atoms with E-state index in [-0.39, 0.29) is 23.2 Å². The van der Waals surface area contributed by atoms with Crippen molar-refractivity contribution >= 4 is 17.2 Å². The summed E-state index contributed by atoms with van der Waals surface area (Å²) >= 11 is 0. The standard InChI is InChI=1S/C15H13F3N6O2/c1-9(10-4-3-5-11(8-10)24(25)26)22(2)13-7-6-12-19-20-14(15(16,17)18)23(12)21-13/h3-9H,1-2H3. The maximum Gasteiger partial charge on any atom is 0.453 e. The summed E-state index contributed by atoms with van der Waals surface area (Å²) in [5.74, 6) is -0.979. The van der Waals surface area contributed by atoms with Gasteiger partial charge in [0.2, 0.25) is 0 Å². The third kappa shape index (κ3) is 3.15. The Bertz CT molecular complexity index is 971. The van der Waals surface area contributed by atoms with Gasteiger partial charge >= 0.3 is 6.18 Å². The molecule has 0 amide bonds. The van der Waals surface area contributed by atoms with Crippen LogP contribution >= 0.6 is 0 Å². The van der Waals surface area contributed by atoms with Crippen molar-refractivity contribution in [3.8, 4) is 0 Å². The molecule has 0 saturated carbocycles. The third-order valence-corrected chi connectivity index (χ3v) is 4.01. The molecule has 0 aliphatic rings. The number of hydrogen-bond acceptors (Lipinski definition) is 6. The molecule has 3 aromatic rings. The molecule has 0 N–H and O–H groups in total.